The first-order valence-corrected chi connectivity index (χ1v) is 6.10. The van der Waals surface area contributed by atoms with Gasteiger partial charge >= 0.3 is 0 Å². The van der Waals surface area contributed by atoms with Gasteiger partial charge in [0.25, 0.3) is 5.69 Å². The van der Waals surface area contributed by atoms with Crippen molar-refractivity contribution in [3.05, 3.63) is 64.3 Å². The minimum absolute atomic E-state index is 0.154. The fourth-order valence-electron chi connectivity index (χ4n) is 2.06. The summed E-state index contributed by atoms with van der Waals surface area (Å²) in [6.07, 6.45) is 1.50. The average Bonchev–Trinajstić information content (AvgIpc) is 2.53. The lowest BCUT2D eigenvalue weighted by Crippen LogP contribution is -1.95. The molecule has 21 heavy (non-hydrogen) atoms. The average molecular weight is 276 g/mol. The third kappa shape index (κ3) is 2.28. The first-order valence-electron chi connectivity index (χ1n) is 6.10. The van der Waals surface area contributed by atoms with E-state index >= 15 is 0 Å². The number of hydrogen-bond acceptors (Lipinski definition) is 5. The fourth-order valence-corrected chi connectivity index (χ4v) is 2.06. The van der Waals surface area contributed by atoms with Gasteiger partial charge in [0.2, 0.25) is 0 Å². The van der Waals surface area contributed by atoms with Crippen molar-refractivity contribution >= 4 is 16.7 Å². The highest BCUT2D eigenvalue weighted by Crippen LogP contribution is 2.29. The van der Waals surface area contributed by atoms with Gasteiger partial charge in [0, 0.05) is 6.07 Å². The van der Waals surface area contributed by atoms with E-state index < -0.39 is 4.92 Å². The number of aromatic nitrogens is 2. The summed E-state index contributed by atoms with van der Waals surface area (Å²) in [6, 6.07) is 13.5. The van der Waals surface area contributed by atoms with Crippen molar-refractivity contribution in [3.63, 3.8) is 0 Å². The van der Waals surface area contributed by atoms with Crippen LogP contribution in [0.5, 0.6) is 0 Å². The van der Waals surface area contributed by atoms with Crippen LogP contribution in [0.25, 0.3) is 22.3 Å². The molecule has 2 aromatic carbocycles. The molecule has 0 atom stereocenters. The highest BCUT2D eigenvalue weighted by Gasteiger charge is 2.17. The van der Waals surface area contributed by atoms with E-state index in [1.807, 2.05) is 24.3 Å². The third-order valence-corrected chi connectivity index (χ3v) is 3.05. The standard InChI is InChI=1S/C15H8N4O2/c16-8-10-5-6-11(15(7-10)19(20)21)14-9-17-12-3-1-2-4-13(12)18-14/h1-7,9H. The summed E-state index contributed by atoms with van der Waals surface area (Å²) < 4.78 is 0. The van der Waals surface area contributed by atoms with Crippen LogP contribution in [0.3, 0.4) is 0 Å². The summed E-state index contributed by atoms with van der Waals surface area (Å²) in [6.45, 7) is 0. The Morgan fingerprint density at radius 2 is 1.90 bits per heavy atom. The molecule has 0 aliphatic rings. The lowest BCUT2D eigenvalue weighted by molar-refractivity contribution is -0.384. The smallest absolute Gasteiger partial charge is 0.258 e. The maximum atomic E-state index is 11.2. The summed E-state index contributed by atoms with van der Waals surface area (Å²) in [5.41, 5.74) is 2.21. The molecular formula is C15H8N4O2. The summed E-state index contributed by atoms with van der Waals surface area (Å²) in [4.78, 5) is 19.3. The van der Waals surface area contributed by atoms with Gasteiger partial charge in [0.05, 0.1) is 45.0 Å². The van der Waals surface area contributed by atoms with Crippen molar-refractivity contribution in [2.24, 2.45) is 0 Å². The zero-order chi connectivity index (χ0) is 14.8. The summed E-state index contributed by atoms with van der Waals surface area (Å²) >= 11 is 0. The van der Waals surface area contributed by atoms with Crippen molar-refractivity contribution in [1.29, 1.82) is 5.26 Å². The van der Waals surface area contributed by atoms with Crippen LogP contribution in [0.15, 0.2) is 48.7 Å². The van der Waals surface area contributed by atoms with E-state index in [4.69, 9.17) is 5.26 Å². The van der Waals surface area contributed by atoms with Crippen LogP contribution in [0, 0.1) is 21.4 Å². The van der Waals surface area contributed by atoms with Crippen molar-refractivity contribution in [3.8, 4) is 17.3 Å². The van der Waals surface area contributed by atoms with E-state index in [0.717, 1.165) is 5.52 Å². The number of fused-ring (bicyclic) bond motifs is 1. The van der Waals surface area contributed by atoms with E-state index in [2.05, 4.69) is 9.97 Å². The monoisotopic (exact) mass is 276 g/mol. The first kappa shape index (κ1) is 12.7. The third-order valence-electron chi connectivity index (χ3n) is 3.05. The molecule has 0 unspecified atom stereocenters. The second kappa shape index (κ2) is 4.98. The molecule has 3 rings (SSSR count). The van der Waals surface area contributed by atoms with Gasteiger partial charge in [0.15, 0.2) is 0 Å². The van der Waals surface area contributed by atoms with E-state index in [-0.39, 0.29) is 11.3 Å². The second-order valence-corrected chi connectivity index (χ2v) is 4.34. The highest BCUT2D eigenvalue weighted by molar-refractivity contribution is 5.79. The first-order chi connectivity index (χ1) is 10.2. The largest absolute Gasteiger partial charge is 0.280 e. The topological polar surface area (TPSA) is 92.7 Å². The van der Waals surface area contributed by atoms with Gasteiger partial charge in [-0.3, -0.25) is 15.1 Å². The van der Waals surface area contributed by atoms with Crippen LogP contribution in [0.2, 0.25) is 0 Å². The summed E-state index contributed by atoms with van der Waals surface area (Å²) in [7, 11) is 0. The molecule has 100 valence electrons. The second-order valence-electron chi connectivity index (χ2n) is 4.34. The molecule has 0 aliphatic carbocycles. The molecule has 0 bridgehead atoms. The molecule has 0 spiro atoms. The van der Waals surface area contributed by atoms with Gasteiger partial charge in [-0.15, -0.1) is 0 Å². The predicted octanol–water partition coefficient (Wildman–Crippen LogP) is 3.08. The van der Waals surface area contributed by atoms with Crippen molar-refractivity contribution in [1.82, 2.24) is 9.97 Å². The molecule has 0 fully saturated rings. The number of nitro benzene ring substituents is 1. The van der Waals surface area contributed by atoms with Gasteiger partial charge < -0.3 is 0 Å². The number of benzene rings is 2. The Morgan fingerprint density at radius 3 is 2.62 bits per heavy atom. The molecule has 0 amide bonds. The Morgan fingerprint density at radius 1 is 1.14 bits per heavy atom. The lowest BCUT2D eigenvalue weighted by atomic mass is 10.1. The molecule has 1 aromatic heterocycles. The minimum atomic E-state index is -0.521. The van der Waals surface area contributed by atoms with E-state index in [0.29, 0.717) is 16.8 Å². The van der Waals surface area contributed by atoms with E-state index in [9.17, 15) is 10.1 Å². The Kier molecular flexibility index (Phi) is 3.01. The zero-order valence-corrected chi connectivity index (χ0v) is 10.7. The number of nitro groups is 1. The van der Waals surface area contributed by atoms with E-state index in [1.54, 1.807) is 6.07 Å². The molecule has 0 N–H and O–H groups in total. The van der Waals surface area contributed by atoms with Crippen LogP contribution in [-0.2, 0) is 0 Å². The number of rotatable bonds is 2. The predicted molar refractivity (Wildman–Crippen MR) is 76.3 cm³/mol. The quantitative estimate of drug-likeness (QED) is 0.529. The number of nitriles is 1. The van der Waals surface area contributed by atoms with Crippen LogP contribution in [0.1, 0.15) is 5.56 Å². The summed E-state index contributed by atoms with van der Waals surface area (Å²) in [5, 5.41) is 20.0. The number of para-hydroxylation sites is 2. The van der Waals surface area contributed by atoms with Gasteiger partial charge in [-0.1, -0.05) is 12.1 Å². The summed E-state index contributed by atoms with van der Waals surface area (Å²) in [5.74, 6) is 0. The molecule has 6 nitrogen and oxygen atoms in total. The molecule has 1 heterocycles. The molecule has 0 saturated heterocycles. The zero-order valence-electron chi connectivity index (χ0n) is 10.7. The molecular weight excluding hydrogens is 268 g/mol. The van der Waals surface area contributed by atoms with Crippen LogP contribution >= 0.6 is 0 Å². The molecule has 0 saturated carbocycles. The van der Waals surface area contributed by atoms with Gasteiger partial charge in [0.1, 0.15) is 0 Å². The number of nitrogens with zero attached hydrogens (tertiary/aromatic N) is 4. The van der Waals surface area contributed by atoms with Crippen LogP contribution in [-0.4, -0.2) is 14.9 Å². The maximum Gasteiger partial charge on any atom is 0.280 e. The van der Waals surface area contributed by atoms with Gasteiger partial charge in [-0.25, -0.2) is 4.98 Å². The Hall–Kier alpha value is -3.33. The lowest BCUT2D eigenvalue weighted by Gasteiger charge is -2.04. The fraction of sp³-hybridized carbons (Fsp3) is 0. The maximum absolute atomic E-state index is 11.2. The molecule has 0 radical (unpaired) electrons. The normalized spacial score (nSPS) is 10.2. The molecule has 6 heteroatoms. The van der Waals surface area contributed by atoms with Crippen molar-refractivity contribution in [2.75, 3.05) is 0 Å². The van der Waals surface area contributed by atoms with Gasteiger partial charge in [-0.2, -0.15) is 5.26 Å². The van der Waals surface area contributed by atoms with E-state index in [1.165, 1.54) is 24.4 Å². The van der Waals surface area contributed by atoms with Gasteiger partial charge in [-0.05, 0) is 24.3 Å². The highest BCUT2D eigenvalue weighted by atomic mass is 16.6. The van der Waals surface area contributed by atoms with Crippen LogP contribution < -0.4 is 0 Å². The number of hydrogen-bond donors (Lipinski definition) is 0. The Balaban J connectivity index is 2.22. The SMILES string of the molecule is N#Cc1ccc(-c2cnc3ccccc3n2)c([N+](=O)[O-])c1. The Labute approximate surface area is 119 Å². The molecule has 3 aromatic rings. The van der Waals surface area contributed by atoms with Crippen molar-refractivity contribution < 1.29 is 4.92 Å². The van der Waals surface area contributed by atoms with Crippen LogP contribution in [0.4, 0.5) is 5.69 Å². The molecule has 0 aliphatic heterocycles. The minimum Gasteiger partial charge on any atom is -0.258 e. The Bertz CT molecular complexity index is 900. The van der Waals surface area contributed by atoms with Crippen molar-refractivity contribution in [2.45, 2.75) is 0 Å².